The van der Waals surface area contributed by atoms with E-state index in [0.29, 0.717) is 21.4 Å². The predicted molar refractivity (Wildman–Crippen MR) is 88.8 cm³/mol. The molecule has 112 valence electrons. The Bertz CT molecular complexity index is 782. The number of sulfone groups is 1. The Morgan fingerprint density at radius 3 is 2.71 bits per heavy atom. The maximum Gasteiger partial charge on any atom is 0.175 e. The highest BCUT2D eigenvalue weighted by atomic mass is 79.9. The Hall–Kier alpha value is -0.820. The van der Waals surface area contributed by atoms with E-state index >= 15 is 0 Å². The van der Waals surface area contributed by atoms with Crippen molar-refractivity contribution in [1.29, 1.82) is 0 Å². The van der Waals surface area contributed by atoms with Crippen LogP contribution in [0.1, 0.15) is 5.56 Å². The molecule has 1 aromatic carbocycles. The molecule has 0 aliphatic carbocycles. The van der Waals surface area contributed by atoms with Gasteiger partial charge in [0.25, 0.3) is 0 Å². The number of nitrogens with one attached hydrogen (secondary N) is 1. The van der Waals surface area contributed by atoms with Gasteiger partial charge in [0.15, 0.2) is 15.0 Å². The van der Waals surface area contributed by atoms with Gasteiger partial charge >= 0.3 is 0 Å². The van der Waals surface area contributed by atoms with Gasteiger partial charge in [-0.1, -0.05) is 29.3 Å². The van der Waals surface area contributed by atoms with Crippen LogP contribution in [-0.2, 0) is 16.4 Å². The molecule has 0 aliphatic rings. The van der Waals surface area contributed by atoms with Gasteiger partial charge in [0.2, 0.25) is 0 Å². The number of anilines is 1. The first-order valence-corrected chi connectivity index (χ1v) is 9.25. The molecule has 1 heterocycles. The quantitative estimate of drug-likeness (QED) is 0.770. The summed E-state index contributed by atoms with van der Waals surface area (Å²) in [5.41, 5.74) is 1.09. The summed E-state index contributed by atoms with van der Waals surface area (Å²) in [7, 11) is -3.36. The molecule has 0 unspecified atom stereocenters. The molecule has 1 N–H and O–H groups in total. The van der Waals surface area contributed by atoms with E-state index in [0.717, 1.165) is 10.7 Å². The summed E-state index contributed by atoms with van der Waals surface area (Å²) in [5, 5.41) is 3.73. The van der Waals surface area contributed by atoms with Crippen LogP contribution in [0.4, 0.5) is 5.69 Å². The van der Waals surface area contributed by atoms with E-state index in [1.807, 2.05) is 0 Å². The van der Waals surface area contributed by atoms with Crippen LogP contribution in [0.2, 0.25) is 10.2 Å². The highest BCUT2D eigenvalue weighted by Crippen LogP contribution is 2.27. The zero-order chi connectivity index (χ0) is 15.6. The number of rotatable bonds is 4. The standard InChI is InChI=1S/C13H11BrCl2N2O2S/c1-21(19,20)12-4-2-3-10(15)9(12)7-17-11-5-8(14)6-18-13(11)16/h2-6,17H,7H2,1H3. The summed E-state index contributed by atoms with van der Waals surface area (Å²) in [5.74, 6) is 0. The fourth-order valence-corrected chi connectivity index (χ4v) is 3.54. The molecule has 4 nitrogen and oxygen atoms in total. The molecule has 0 aliphatic heterocycles. The predicted octanol–water partition coefficient (Wildman–Crippen LogP) is 4.17. The van der Waals surface area contributed by atoms with Crippen LogP contribution in [0.5, 0.6) is 0 Å². The molecule has 0 amide bonds. The first-order chi connectivity index (χ1) is 9.79. The normalized spacial score (nSPS) is 11.4. The van der Waals surface area contributed by atoms with Crippen molar-refractivity contribution in [2.75, 3.05) is 11.6 Å². The van der Waals surface area contributed by atoms with Crippen molar-refractivity contribution >= 4 is 54.7 Å². The molecule has 8 heteroatoms. The van der Waals surface area contributed by atoms with E-state index in [1.54, 1.807) is 24.4 Å². The molecule has 0 atom stereocenters. The van der Waals surface area contributed by atoms with Gasteiger partial charge in [-0.25, -0.2) is 13.4 Å². The lowest BCUT2D eigenvalue weighted by atomic mass is 10.2. The van der Waals surface area contributed by atoms with Gasteiger partial charge in [0.1, 0.15) is 0 Å². The molecule has 0 radical (unpaired) electrons. The first-order valence-electron chi connectivity index (χ1n) is 5.81. The SMILES string of the molecule is CS(=O)(=O)c1cccc(Cl)c1CNc1cc(Br)cnc1Cl. The topological polar surface area (TPSA) is 59.1 Å². The van der Waals surface area contributed by atoms with Crippen LogP contribution in [0.3, 0.4) is 0 Å². The minimum absolute atomic E-state index is 0.196. The lowest BCUT2D eigenvalue weighted by Crippen LogP contribution is -2.08. The van der Waals surface area contributed by atoms with Crippen molar-refractivity contribution in [1.82, 2.24) is 4.98 Å². The van der Waals surface area contributed by atoms with Gasteiger partial charge in [-0.3, -0.25) is 0 Å². The highest BCUT2D eigenvalue weighted by Gasteiger charge is 2.16. The average Bonchev–Trinajstić information content (AvgIpc) is 2.39. The molecule has 0 fully saturated rings. The van der Waals surface area contributed by atoms with Crippen molar-refractivity contribution in [3.63, 3.8) is 0 Å². The number of hydrogen-bond donors (Lipinski definition) is 1. The van der Waals surface area contributed by atoms with Crippen molar-refractivity contribution in [3.05, 3.63) is 50.7 Å². The van der Waals surface area contributed by atoms with Crippen LogP contribution in [0.15, 0.2) is 39.8 Å². The van der Waals surface area contributed by atoms with Crippen molar-refractivity contribution in [3.8, 4) is 0 Å². The van der Waals surface area contributed by atoms with Crippen LogP contribution >= 0.6 is 39.1 Å². The van der Waals surface area contributed by atoms with Gasteiger partial charge in [-0.2, -0.15) is 0 Å². The number of halogens is 3. The second-order valence-electron chi connectivity index (χ2n) is 4.33. The molecular weight excluding hydrogens is 399 g/mol. The van der Waals surface area contributed by atoms with E-state index in [1.165, 1.54) is 6.07 Å². The van der Waals surface area contributed by atoms with Crippen molar-refractivity contribution in [2.24, 2.45) is 0 Å². The van der Waals surface area contributed by atoms with E-state index in [2.05, 4.69) is 26.2 Å². The minimum Gasteiger partial charge on any atom is -0.378 e. The Morgan fingerprint density at radius 2 is 2.05 bits per heavy atom. The smallest absolute Gasteiger partial charge is 0.175 e. The fourth-order valence-electron chi connectivity index (χ4n) is 1.79. The third kappa shape index (κ3) is 4.10. The Balaban J connectivity index is 2.34. The third-order valence-corrected chi connectivity index (χ3v) is 5.01. The van der Waals surface area contributed by atoms with E-state index < -0.39 is 9.84 Å². The van der Waals surface area contributed by atoms with Gasteiger partial charge < -0.3 is 5.32 Å². The summed E-state index contributed by atoms with van der Waals surface area (Å²) in [4.78, 5) is 4.19. The molecule has 21 heavy (non-hydrogen) atoms. The third-order valence-electron chi connectivity index (χ3n) is 2.74. The highest BCUT2D eigenvalue weighted by molar-refractivity contribution is 9.10. The lowest BCUT2D eigenvalue weighted by molar-refractivity contribution is 0.601. The van der Waals surface area contributed by atoms with Crippen molar-refractivity contribution in [2.45, 2.75) is 11.4 Å². The van der Waals surface area contributed by atoms with Gasteiger partial charge in [-0.15, -0.1) is 0 Å². The second kappa shape index (κ2) is 6.52. The number of hydrogen-bond acceptors (Lipinski definition) is 4. The Labute approximate surface area is 141 Å². The van der Waals surface area contributed by atoms with E-state index in [4.69, 9.17) is 23.2 Å². The van der Waals surface area contributed by atoms with Crippen LogP contribution < -0.4 is 5.32 Å². The largest absolute Gasteiger partial charge is 0.378 e. The minimum atomic E-state index is -3.36. The maximum atomic E-state index is 11.8. The first kappa shape index (κ1) is 16.5. The molecule has 0 spiro atoms. The second-order valence-corrected chi connectivity index (χ2v) is 8.00. The molecule has 1 aromatic heterocycles. The number of nitrogens with zero attached hydrogens (tertiary/aromatic N) is 1. The van der Waals surface area contributed by atoms with Gasteiger partial charge in [-0.05, 0) is 34.1 Å². The van der Waals surface area contributed by atoms with Crippen molar-refractivity contribution < 1.29 is 8.42 Å². The van der Waals surface area contributed by atoms with E-state index in [-0.39, 0.29) is 11.4 Å². The summed E-state index contributed by atoms with van der Waals surface area (Å²) >= 11 is 15.4. The molecule has 2 aromatic rings. The summed E-state index contributed by atoms with van der Waals surface area (Å²) in [6.45, 7) is 0.222. The van der Waals surface area contributed by atoms with Gasteiger partial charge in [0.05, 0.1) is 10.6 Å². The number of aromatic nitrogens is 1. The molecule has 0 saturated carbocycles. The maximum absolute atomic E-state index is 11.8. The van der Waals surface area contributed by atoms with E-state index in [9.17, 15) is 8.42 Å². The summed E-state index contributed by atoms with van der Waals surface area (Å²) in [6, 6.07) is 6.54. The molecule has 2 rings (SSSR count). The summed E-state index contributed by atoms with van der Waals surface area (Å²) in [6.07, 6.45) is 2.72. The molecular formula is C13H11BrCl2N2O2S. The Morgan fingerprint density at radius 1 is 1.33 bits per heavy atom. The summed E-state index contributed by atoms with van der Waals surface area (Å²) < 4.78 is 24.4. The lowest BCUT2D eigenvalue weighted by Gasteiger charge is -2.13. The number of benzene rings is 1. The zero-order valence-electron chi connectivity index (χ0n) is 10.9. The monoisotopic (exact) mass is 408 g/mol. The average molecular weight is 410 g/mol. The fraction of sp³-hybridized carbons (Fsp3) is 0.154. The molecule has 0 bridgehead atoms. The van der Waals surface area contributed by atoms with Crippen LogP contribution in [0, 0.1) is 0 Å². The Kier molecular flexibility index (Phi) is 5.14. The van der Waals surface area contributed by atoms with Crippen LogP contribution in [0.25, 0.3) is 0 Å². The number of pyridine rings is 1. The zero-order valence-corrected chi connectivity index (χ0v) is 14.8. The molecule has 0 saturated heterocycles. The van der Waals surface area contributed by atoms with Crippen LogP contribution in [-0.4, -0.2) is 19.7 Å². The van der Waals surface area contributed by atoms with Gasteiger partial charge in [0, 0.05) is 34.1 Å².